The van der Waals surface area contributed by atoms with Crippen LogP contribution in [0.3, 0.4) is 0 Å². The van der Waals surface area contributed by atoms with Crippen molar-refractivity contribution < 1.29 is 9.53 Å². The zero-order chi connectivity index (χ0) is 12.3. The minimum Gasteiger partial charge on any atom is -0.494 e. The molecule has 2 rings (SSSR count). The molecule has 0 fully saturated rings. The Bertz CT molecular complexity index is 549. The number of aromatic nitrogens is 1. The molecule has 0 unspecified atom stereocenters. The number of ketones is 1. The van der Waals surface area contributed by atoms with E-state index in [1.165, 1.54) is 7.11 Å². The molecule has 0 amide bonds. The first-order chi connectivity index (χ1) is 8.24. The van der Waals surface area contributed by atoms with Crippen LogP contribution in [0.25, 0.3) is 0 Å². The summed E-state index contributed by atoms with van der Waals surface area (Å²) >= 11 is 0. The van der Waals surface area contributed by atoms with Gasteiger partial charge in [-0.15, -0.1) is 0 Å². The molecule has 2 aromatic rings. The number of nitrogens with zero attached hydrogens (tertiary/aromatic N) is 1. The van der Waals surface area contributed by atoms with Crippen LogP contribution >= 0.6 is 0 Å². The predicted octanol–water partition coefficient (Wildman–Crippen LogP) is 2.63. The van der Waals surface area contributed by atoms with Gasteiger partial charge in [0.25, 0.3) is 0 Å². The number of aryl methyl sites for hydroxylation is 1. The second-order valence-corrected chi connectivity index (χ2v) is 3.70. The lowest BCUT2D eigenvalue weighted by Crippen LogP contribution is -2.07. The molecule has 0 atom stereocenters. The fourth-order valence-electron chi connectivity index (χ4n) is 1.68. The van der Waals surface area contributed by atoms with Crippen molar-refractivity contribution in [2.75, 3.05) is 7.11 Å². The first-order valence-electron chi connectivity index (χ1n) is 5.33. The van der Waals surface area contributed by atoms with Crippen molar-refractivity contribution in [3.8, 4) is 5.75 Å². The number of methoxy groups -OCH3 is 1. The van der Waals surface area contributed by atoms with Gasteiger partial charge in [-0.25, -0.2) is 4.98 Å². The normalized spacial score (nSPS) is 10.0. The van der Waals surface area contributed by atoms with Gasteiger partial charge in [-0.1, -0.05) is 24.3 Å². The molecule has 17 heavy (non-hydrogen) atoms. The molecule has 3 heteroatoms. The molecule has 0 N–H and O–H groups in total. The maximum atomic E-state index is 12.3. The summed E-state index contributed by atoms with van der Waals surface area (Å²) in [7, 11) is 1.53. The average molecular weight is 227 g/mol. The Morgan fingerprint density at radius 1 is 1.18 bits per heavy atom. The van der Waals surface area contributed by atoms with Crippen LogP contribution in [0, 0.1) is 6.92 Å². The highest BCUT2D eigenvalue weighted by Gasteiger charge is 2.16. The Morgan fingerprint density at radius 2 is 1.94 bits per heavy atom. The van der Waals surface area contributed by atoms with E-state index in [1.54, 1.807) is 24.4 Å². The van der Waals surface area contributed by atoms with Gasteiger partial charge in [-0.2, -0.15) is 0 Å². The smallest absolute Gasteiger partial charge is 0.215 e. The standard InChI is InChI=1S/C14H13NO2/c1-10-6-3-4-7-11(10)14(16)13-12(17-2)8-5-9-15-13/h3-9H,1-2H3. The number of benzene rings is 1. The van der Waals surface area contributed by atoms with E-state index in [-0.39, 0.29) is 5.78 Å². The SMILES string of the molecule is COc1cccnc1C(=O)c1ccccc1C. The summed E-state index contributed by atoms with van der Waals surface area (Å²) in [6.45, 7) is 1.91. The third kappa shape index (κ3) is 2.18. The van der Waals surface area contributed by atoms with Crippen LogP contribution in [-0.2, 0) is 0 Å². The molecule has 1 aromatic carbocycles. The molecule has 1 heterocycles. The van der Waals surface area contributed by atoms with E-state index in [1.807, 2.05) is 25.1 Å². The summed E-state index contributed by atoms with van der Waals surface area (Å²) in [5.74, 6) is 0.390. The molecule has 0 radical (unpaired) electrons. The molecule has 0 aliphatic carbocycles. The van der Waals surface area contributed by atoms with Crippen LogP contribution in [0.15, 0.2) is 42.6 Å². The van der Waals surface area contributed by atoms with Crippen molar-refractivity contribution in [1.82, 2.24) is 4.98 Å². The third-order valence-corrected chi connectivity index (χ3v) is 2.60. The van der Waals surface area contributed by atoms with Crippen LogP contribution in [-0.4, -0.2) is 17.9 Å². The molecular weight excluding hydrogens is 214 g/mol. The number of carbonyl (C=O) groups excluding carboxylic acids is 1. The van der Waals surface area contributed by atoms with Gasteiger partial charge in [0.05, 0.1) is 7.11 Å². The highest BCUT2D eigenvalue weighted by Crippen LogP contribution is 2.20. The maximum absolute atomic E-state index is 12.3. The molecule has 0 saturated carbocycles. The van der Waals surface area contributed by atoms with Crippen LogP contribution in [0.4, 0.5) is 0 Å². The summed E-state index contributed by atoms with van der Waals surface area (Å²) in [5.41, 5.74) is 1.94. The monoisotopic (exact) mass is 227 g/mol. The molecule has 86 valence electrons. The summed E-state index contributed by atoms with van der Waals surface area (Å²) in [6, 6.07) is 10.9. The number of hydrogen-bond donors (Lipinski definition) is 0. The van der Waals surface area contributed by atoms with Gasteiger partial charge in [-0.05, 0) is 24.6 Å². The second-order valence-electron chi connectivity index (χ2n) is 3.70. The third-order valence-electron chi connectivity index (χ3n) is 2.60. The van der Waals surface area contributed by atoms with Crippen LogP contribution in [0.1, 0.15) is 21.6 Å². The summed E-state index contributed by atoms with van der Waals surface area (Å²) in [4.78, 5) is 16.4. The number of ether oxygens (including phenoxy) is 1. The molecule has 0 bridgehead atoms. The molecule has 0 aliphatic rings. The van der Waals surface area contributed by atoms with Gasteiger partial charge in [0.2, 0.25) is 5.78 Å². The minimum atomic E-state index is -0.111. The van der Waals surface area contributed by atoms with Gasteiger partial charge < -0.3 is 4.74 Å². The topological polar surface area (TPSA) is 39.2 Å². The van der Waals surface area contributed by atoms with E-state index in [2.05, 4.69) is 4.98 Å². The van der Waals surface area contributed by atoms with Crippen LogP contribution in [0.5, 0.6) is 5.75 Å². The van der Waals surface area contributed by atoms with Crippen molar-refractivity contribution >= 4 is 5.78 Å². The first kappa shape index (κ1) is 11.3. The lowest BCUT2D eigenvalue weighted by atomic mass is 10.0. The van der Waals surface area contributed by atoms with E-state index in [9.17, 15) is 4.79 Å². The van der Waals surface area contributed by atoms with E-state index < -0.39 is 0 Å². The van der Waals surface area contributed by atoms with E-state index in [0.717, 1.165) is 5.56 Å². The lowest BCUT2D eigenvalue weighted by Gasteiger charge is -2.07. The molecule has 0 spiro atoms. The predicted molar refractivity (Wildman–Crippen MR) is 65.4 cm³/mol. The van der Waals surface area contributed by atoms with Gasteiger partial charge >= 0.3 is 0 Å². The first-order valence-corrected chi connectivity index (χ1v) is 5.33. The Morgan fingerprint density at radius 3 is 2.65 bits per heavy atom. The molecule has 0 saturated heterocycles. The van der Waals surface area contributed by atoms with Gasteiger partial charge in [0.15, 0.2) is 5.69 Å². The highest BCUT2D eigenvalue weighted by molar-refractivity contribution is 6.10. The van der Waals surface area contributed by atoms with Crippen LogP contribution < -0.4 is 4.74 Å². The largest absolute Gasteiger partial charge is 0.494 e. The van der Waals surface area contributed by atoms with E-state index >= 15 is 0 Å². The van der Waals surface area contributed by atoms with Crippen molar-refractivity contribution in [3.63, 3.8) is 0 Å². The average Bonchev–Trinajstić information content (AvgIpc) is 2.38. The van der Waals surface area contributed by atoms with Gasteiger partial charge in [0, 0.05) is 11.8 Å². The van der Waals surface area contributed by atoms with Crippen molar-refractivity contribution in [1.29, 1.82) is 0 Å². The lowest BCUT2D eigenvalue weighted by molar-refractivity contribution is 0.103. The zero-order valence-electron chi connectivity index (χ0n) is 9.81. The summed E-state index contributed by atoms with van der Waals surface area (Å²) < 4.78 is 5.14. The van der Waals surface area contributed by atoms with Crippen molar-refractivity contribution in [3.05, 3.63) is 59.4 Å². The Hall–Kier alpha value is -2.16. The van der Waals surface area contributed by atoms with Crippen LogP contribution in [0.2, 0.25) is 0 Å². The second kappa shape index (κ2) is 4.78. The highest BCUT2D eigenvalue weighted by atomic mass is 16.5. The van der Waals surface area contributed by atoms with Gasteiger partial charge in [0.1, 0.15) is 5.75 Å². The fourth-order valence-corrected chi connectivity index (χ4v) is 1.68. The molecular formula is C14H13NO2. The van der Waals surface area contributed by atoms with Crippen molar-refractivity contribution in [2.24, 2.45) is 0 Å². The quantitative estimate of drug-likeness (QED) is 0.757. The number of rotatable bonds is 3. The summed E-state index contributed by atoms with van der Waals surface area (Å²) in [6.07, 6.45) is 1.59. The summed E-state index contributed by atoms with van der Waals surface area (Å²) in [5, 5.41) is 0. The number of hydrogen-bond acceptors (Lipinski definition) is 3. The zero-order valence-corrected chi connectivity index (χ0v) is 9.81. The Labute approximate surface area is 100 Å². The van der Waals surface area contributed by atoms with Gasteiger partial charge in [-0.3, -0.25) is 4.79 Å². The molecule has 3 nitrogen and oxygen atoms in total. The minimum absolute atomic E-state index is 0.111. The van der Waals surface area contributed by atoms with E-state index in [4.69, 9.17) is 4.74 Å². The molecule has 1 aromatic heterocycles. The maximum Gasteiger partial charge on any atom is 0.215 e. The molecule has 0 aliphatic heterocycles. The fraction of sp³-hybridized carbons (Fsp3) is 0.143. The van der Waals surface area contributed by atoms with Crippen molar-refractivity contribution in [2.45, 2.75) is 6.92 Å². The number of pyridine rings is 1. The Balaban J connectivity index is 2.48. The van der Waals surface area contributed by atoms with E-state index in [0.29, 0.717) is 17.0 Å². The Kier molecular flexibility index (Phi) is 3.19. The number of carbonyl (C=O) groups is 1.